The number of amides is 1. The van der Waals surface area contributed by atoms with Crippen molar-refractivity contribution >= 4 is 61.0 Å². The summed E-state index contributed by atoms with van der Waals surface area (Å²) in [5.74, 6) is -0.164. The van der Waals surface area contributed by atoms with Crippen LogP contribution in [0.25, 0.3) is 9.40 Å². The van der Waals surface area contributed by atoms with Gasteiger partial charge >= 0.3 is 0 Å². The van der Waals surface area contributed by atoms with Crippen LogP contribution in [0.1, 0.15) is 9.67 Å². The van der Waals surface area contributed by atoms with E-state index in [-0.39, 0.29) is 5.91 Å². The second-order valence-corrected chi connectivity index (χ2v) is 6.41. The summed E-state index contributed by atoms with van der Waals surface area (Å²) in [5, 5.41) is 5.34. The third-order valence-electron chi connectivity index (χ3n) is 2.63. The van der Waals surface area contributed by atoms with Crippen molar-refractivity contribution < 1.29 is 4.79 Å². The number of halogens is 1. The van der Waals surface area contributed by atoms with Gasteiger partial charge in [0.05, 0.1) is 16.3 Å². The van der Waals surface area contributed by atoms with Gasteiger partial charge < -0.3 is 11.1 Å². The van der Waals surface area contributed by atoms with Crippen LogP contribution in [0.4, 0.5) is 11.4 Å². The Bertz CT molecular complexity index is 734. The van der Waals surface area contributed by atoms with Gasteiger partial charge in [-0.25, -0.2) is 0 Å². The van der Waals surface area contributed by atoms with Gasteiger partial charge in [-0.05, 0) is 35.7 Å². The summed E-state index contributed by atoms with van der Waals surface area (Å²) < 4.78 is 2.24. The summed E-state index contributed by atoms with van der Waals surface area (Å²) in [5.41, 5.74) is 6.84. The molecule has 0 unspecified atom stereocenters. The molecule has 3 nitrogen and oxygen atoms in total. The predicted molar refractivity (Wildman–Crippen MR) is 83.5 cm³/mol. The van der Waals surface area contributed by atoms with Crippen LogP contribution in [0.15, 0.2) is 35.7 Å². The molecular weight excluding hydrogens is 300 g/mol. The van der Waals surface area contributed by atoms with Crippen LogP contribution in [-0.2, 0) is 0 Å². The number of nitrogens with one attached hydrogen (secondary N) is 1. The van der Waals surface area contributed by atoms with Crippen molar-refractivity contribution in [2.24, 2.45) is 0 Å². The number of nitrogen functional groups attached to an aromatic ring is 1. The minimum Gasteiger partial charge on any atom is -0.397 e. The molecule has 1 amide bonds. The summed E-state index contributed by atoms with van der Waals surface area (Å²) in [6.45, 7) is 0. The summed E-state index contributed by atoms with van der Waals surface area (Å²) in [4.78, 5) is 12.8. The van der Waals surface area contributed by atoms with Gasteiger partial charge in [-0.3, -0.25) is 4.79 Å². The predicted octanol–water partition coefficient (Wildman–Crippen LogP) is 4.45. The van der Waals surface area contributed by atoms with Crippen molar-refractivity contribution in [3.05, 3.63) is 45.6 Å². The number of rotatable bonds is 2. The third-order valence-corrected chi connectivity index (χ3v) is 4.95. The molecule has 19 heavy (non-hydrogen) atoms. The molecule has 3 N–H and O–H groups in total. The molecule has 0 fully saturated rings. The first-order valence-electron chi connectivity index (χ1n) is 5.47. The zero-order chi connectivity index (χ0) is 13.4. The SMILES string of the molecule is Nc1ccc(Cl)cc1NC(=O)c1cc2sccc2s1. The Hall–Kier alpha value is -1.56. The number of hydrogen-bond donors (Lipinski definition) is 2. The second kappa shape index (κ2) is 4.85. The summed E-state index contributed by atoms with van der Waals surface area (Å²) in [6.07, 6.45) is 0. The fraction of sp³-hybridized carbons (Fsp3) is 0. The molecule has 0 saturated carbocycles. The Balaban J connectivity index is 1.88. The Morgan fingerprint density at radius 3 is 2.84 bits per heavy atom. The van der Waals surface area contributed by atoms with Crippen LogP contribution >= 0.6 is 34.3 Å². The lowest BCUT2D eigenvalue weighted by Crippen LogP contribution is -2.11. The molecule has 2 heterocycles. The molecule has 96 valence electrons. The molecule has 0 saturated heterocycles. The van der Waals surface area contributed by atoms with Gasteiger partial charge in [0.25, 0.3) is 5.91 Å². The molecule has 3 aromatic rings. The van der Waals surface area contributed by atoms with Crippen molar-refractivity contribution in [2.45, 2.75) is 0 Å². The second-order valence-electron chi connectivity index (χ2n) is 3.95. The minimum atomic E-state index is -0.164. The molecule has 0 aliphatic carbocycles. The van der Waals surface area contributed by atoms with Crippen LogP contribution < -0.4 is 11.1 Å². The van der Waals surface area contributed by atoms with E-state index in [0.717, 1.165) is 9.40 Å². The van der Waals surface area contributed by atoms with Gasteiger partial charge in [-0.2, -0.15) is 0 Å². The number of carbonyl (C=O) groups excluding carboxylic acids is 1. The normalized spacial score (nSPS) is 10.8. The molecular formula is C13H9ClN2OS2. The Morgan fingerprint density at radius 2 is 2.05 bits per heavy atom. The van der Waals surface area contributed by atoms with Crippen LogP contribution in [0.5, 0.6) is 0 Å². The highest BCUT2D eigenvalue weighted by Gasteiger charge is 2.12. The van der Waals surface area contributed by atoms with E-state index in [4.69, 9.17) is 17.3 Å². The van der Waals surface area contributed by atoms with E-state index in [9.17, 15) is 4.79 Å². The van der Waals surface area contributed by atoms with E-state index in [2.05, 4.69) is 5.32 Å². The van der Waals surface area contributed by atoms with Gasteiger partial charge in [-0.1, -0.05) is 11.6 Å². The lowest BCUT2D eigenvalue weighted by Gasteiger charge is -2.07. The highest BCUT2D eigenvalue weighted by molar-refractivity contribution is 7.27. The molecule has 0 atom stereocenters. The average molecular weight is 309 g/mol. The Labute approximate surface area is 122 Å². The van der Waals surface area contributed by atoms with E-state index in [1.807, 2.05) is 17.5 Å². The van der Waals surface area contributed by atoms with Crippen molar-refractivity contribution in [2.75, 3.05) is 11.1 Å². The monoisotopic (exact) mass is 308 g/mol. The molecule has 1 aromatic carbocycles. The summed E-state index contributed by atoms with van der Waals surface area (Å²) in [6, 6.07) is 8.90. The van der Waals surface area contributed by atoms with E-state index in [1.54, 1.807) is 29.5 Å². The fourth-order valence-corrected chi connectivity index (χ4v) is 3.87. The maximum atomic E-state index is 12.2. The first kappa shape index (κ1) is 12.5. The van der Waals surface area contributed by atoms with E-state index >= 15 is 0 Å². The number of thiophene rings is 2. The largest absolute Gasteiger partial charge is 0.397 e. The topological polar surface area (TPSA) is 55.1 Å². The van der Waals surface area contributed by atoms with Gasteiger partial charge in [0.2, 0.25) is 0 Å². The summed E-state index contributed by atoms with van der Waals surface area (Å²) >= 11 is 8.98. The number of anilines is 2. The van der Waals surface area contributed by atoms with Crippen LogP contribution in [0.3, 0.4) is 0 Å². The van der Waals surface area contributed by atoms with Gasteiger partial charge in [0.1, 0.15) is 0 Å². The quantitative estimate of drug-likeness (QED) is 0.687. The third kappa shape index (κ3) is 2.45. The highest BCUT2D eigenvalue weighted by Crippen LogP contribution is 2.31. The average Bonchev–Trinajstić information content (AvgIpc) is 2.94. The molecule has 0 aliphatic heterocycles. The van der Waals surface area contributed by atoms with Crippen molar-refractivity contribution in [1.82, 2.24) is 0 Å². The lowest BCUT2D eigenvalue weighted by molar-refractivity contribution is 0.103. The summed E-state index contributed by atoms with van der Waals surface area (Å²) in [7, 11) is 0. The van der Waals surface area contributed by atoms with Gasteiger partial charge in [-0.15, -0.1) is 22.7 Å². The molecule has 0 bridgehead atoms. The lowest BCUT2D eigenvalue weighted by atomic mass is 10.2. The Kier molecular flexibility index (Phi) is 3.18. The smallest absolute Gasteiger partial charge is 0.265 e. The van der Waals surface area contributed by atoms with Gasteiger partial charge in [0.15, 0.2) is 0 Å². The maximum absolute atomic E-state index is 12.2. The molecule has 0 aliphatic rings. The number of hydrogen-bond acceptors (Lipinski definition) is 4. The molecule has 2 aromatic heterocycles. The molecule has 6 heteroatoms. The number of fused-ring (bicyclic) bond motifs is 1. The van der Waals surface area contributed by atoms with Crippen molar-refractivity contribution in [3.63, 3.8) is 0 Å². The van der Waals surface area contributed by atoms with E-state index in [0.29, 0.717) is 21.3 Å². The fourth-order valence-electron chi connectivity index (χ4n) is 1.70. The highest BCUT2D eigenvalue weighted by atomic mass is 35.5. The standard InChI is InChI=1S/C13H9ClN2OS2/c14-7-1-2-8(15)9(5-7)16-13(17)12-6-11-10(19-12)3-4-18-11/h1-6H,15H2,(H,16,17). The van der Waals surface area contributed by atoms with Gasteiger partial charge in [0, 0.05) is 14.4 Å². The molecule has 0 spiro atoms. The molecule has 3 rings (SSSR count). The minimum absolute atomic E-state index is 0.164. The molecule has 0 radical (unpaired) electrons. The Morgan fingerprint density at radius 1 is 1.21 bits per heavy atom. The van der Waals surface area contributed by atoms with Crippen molar-refractivity contribution in [1.29, 1.82) is 0 Å². The number of benzene rings is 1. The number of carbonyl (C=O) groups is 1. The zero-order valence-electron chi connectivity index (χ0n) is 9.64. The first-order chi connectivity index (χ1) is 9.13. The first-order valence-corrected chi connectivity index (χ1v) is 7.54. The van der Waals surface area contributed by atoms with E-state index in [1.165, 1.54) is 11.3 Å². The van der Waals surface area contributed by atoms with Crippen LogP contribution in [0.2, 0.25) is 5.02 Å². The number of nitrogens with two attached hydrogens (primary N) is 1. The zero-order valence-corrected chi connectivity index (χ0v) is 12.0. The maximum Gasteiger partial charge on any atom is 0.265 e. The van der Waals surface area contributed by atoms with Crippen LogP contribution in [0, 0.1) is 0 Å². The van der Waals surface area contributed by atoms with Crippen LogP contribution in [-0.4, -0.2) is 5.91 Å². The van der Waals surface area contributed by atoms with Crippen molar-refractivity contribution in [3.8, 4) is 0 Å². The van der Waals surface area contributed by atoms with E-state index < -0.39 is 0 Å².